The highest BCUT2D eigenvalue weighted by atomic mass is 32.1. The summed E-state index contributed by atoms with van der Waals surface area (Å²) in [6, 6.07) is 11.8. The van der Waals surface area contributed by atoms with E-state index >= 15 is 0 Å². The van der Waals surface area contributed by atoms with Crippen LogP contribution in [-0.4, -0.2) is 33.7 Å². The molecular formula is C19H22N4O2S. The van der Waals surface area contributed by atoms with Crippen LogP contribution in [0.25, 0.3) is 5.82 Å². The molecule has 0 saturated heterocycles. The lowest BCUT2D eigenvalue weighted by Crippen LogP contribution is -2.05. The summed E-state index contributed by atoms with van der Waals surface area (Å²) >= 11 is 4.55. The van der Waals surface area contributed by atoms with E-state index in [2.05, 4.69) is 41.0 Å². The molecule has 3 rings (SSSR count). The lowest BCUT2D eigenvalue weighted by molar-refractivity contribution is 0.221. The zero-order valence-corrected chi connectivity index (χ0v) is 15.6. The van der Waals surface area contributed by atoms with Crippen LogP contribution in [0.4, 0.5) is 5.69 Å². The van der Waals surface area contributed by atoms with Crippen molar-refractivity contribution in [1.82, 2.24) is 14.8 Å². The number of aliphatic hydroxyl groups excluding tert-OH is 1. The number of thiol groups is 1. The Balaban J connectivity index is 1.78. The molecule has 7 heteroatoms. The fourth-order valence-electron chi connectivity index (χ4n) is 2.63. The van der Waals surface area contributed by atoms with Crippen LogP contribution in [-0.2, 0) is 11.3 Å². The maximum atomic E-state index is 9.11. The Hall–Kier alpha value is -2.35. The Kier molecular flexibility index (Phi) is 5.92. The van der Waals surface area contributed by atoms with Crippen molar-refractivity contribution >= 4 is 18.3 Å². The third-order valence-corrected chi connectivity index (χ3v) is 4.58. The first-order valence-corrected chi connectivity index (χ1v) is 8.74. The predicted molar refractivity (Wildman–Crippen MR) is 104 cm³/mol. The van der Waals surface area contributed by atoms with Crippen molar-refractivity contribution in [3.05, 3.63) is 65.6 Å². The van der Waals surface area contributed by atoms with Crippen LogP contribution in [0.1, 0.15) is 29.7 Å². The van der Waals surface area contributed by atoms with Crippen LogP contribution in [0, 0.1) is 0 Å². The van der Waals surface area contributed by atoms with E-state index in [1.165, 1.54) is 0 Å². The lowest BCUT2D eigenvalue weighted by Gasteiger charge is -2.13. The van der Waals surface area contributed by atoms with Crippen LogP contribution < -0.4 is 5.32 Å². The first kappa shape index (κ1) is 18.4. The number of nitrogens with zero attached hydrogens (tertiary/aromatic N) is 3. The van der Waals surface area contributed by atoms with Crippen molar-refractivity contribution < 1.29 is 9.84 Å². The second-order valence-electron chi connectivity index (χ2n) is 5.98. The third kappa shape index (κ3) is 4.07. The smallest absolute Gasteiger partial charge is 0.153 e. The molecule has 0 amide bonds. The predicted octanol–water partition coefficient (Wildman–Crippen LogP) is 3.22. The van der Waals surface area contributed by atoms with E-state index in [1.807, 2.05) is 36.5 Å². The number of ether oxygens (including phenoxy) is 1. The molecule has 1 atom stereocenters. The van der Waals surface area contributed by atoms with Gasteiger partial charge in [-0.1, -0.05) is 19.1 Å². The van der Waals surface area contributed by atoms with Crippen molar-refractivity contribution in [3.63, 3.8) is 0 Å². The Morgan fingerprint density at radius 2 is 2.12 bits per heavy atom. The summed E-state index contributed by atoms with van der Waals surface area (Å²) in [7, 11) is 1.64. The molecule has 1 aromatic carbocycles. The SMILES string of the molecule is COCNc1ccc(C(C)c2ccn(-c3ccc(CO)cn3)n2)cc1S. The van der Waals surface area contributed by atoms with E-state index in [9.17, 15) is 0 Å². The third-order valence-electron chi connectivity index (χ3n) is 4.21. The summed E-state index contributed by atoms with van der Waals surface area (Å²) < 4.78 is 6.77. The van der Waals surface area contributed by atoms with Crippen molar-refractivity contribution in [3.8, 4) is 5.82 Å². The summed E-state index contributed by atoms with van der Waals surface area (Å²) in [4.78, 5) is 5.20. The van der Waals surface area contributed by atoms with E-state index in [0.717, 1.165) is 33.2 Å². The quantitative estimate of drug-likeness (QED) is 0.440. The molecule has 0 spiro atoms. The molecule has 0 aliphatic rings. The van der Waals surface area contributed by atoms with E-state index in [1.54, 1.807) is 18.0 Å². The fourth-order valence-corrected chi connectivity index (χ4v) is 2.93. The van der Waals surface area contributed by atoms with Gasteiger partial charge in [0, 0.05) is 36.0 Å². The Bertz CT molecular complexity index is 864. The number of nitrogens with one attached hydrogen (secondary N) is 1. The van der Waals surface area contributed by atoms with Crippen molar-refractivity contribution in [2.75, 3.05) is 19.2 Å². The van der Waals surface area contributed by atoms with Crippen molar-refractivity contribution in [1.29, 1.82) is 0 Å². The minimum atomic E-state index is -0.0179. The Morgan fingerprint density at radius 1 is 1.27 bits per heavy atom. The van der Waals surface area contributed by atoms with Crippen molar-refractivity contribution in [2.45, 2.75) is 24.3 Å². The topological polar surface area (TPSA) is 72.2 Å². The molecule has 3 aromatic rings. The van der Waals surface area contributed by atoms with E-state index < -0.39 is 0 Å². The van der Waals surface area contributed by atoms with Crippen LogP contribution >= 0.6 is 12.6 Å². The van der Waals surface area contributed by atoms with Gasteiger partial charge < -0.3 is 15.2 Å². The lowest BCUT2D eigenvalue weighted by atomic mass is 9.98. The van der Waals surface area contributed by atoms with Crippen LogP contribution in [0.5, 0.6) is 0 Å². The maximum Gasteiger partial charge on any atom is 0.153 e. The number of anilines is 1. The van der Waals surface area contributed by atoms with E-state index in [4.69, 9.17) is 9.84 Å². The summed E-state index contributed by atoms with van der Waals surface area (Å²) in [6.45, 7) is 2.53. The van der Waals surface area contributed by atoms with Gasteiger partial charge >= 0.3 is 0 Å². The second-order valence-corrected chi connectivity index (χ2v) is 6.46. The van der Waals surface area contributed by atoms with Gasteiger partial charge in [-0.2, -0.15) is 5.10 Å². The number of methoxy groups -OCH3 is 1. The maximum absolute atomic E-state index is 9.11. The summed E-state index contributed by atoms with van der Waals surface area (Å²) in [5, 5.41) is 16.9. The minimum absolute atomic E-state index is 0.0179. The van der Waals surface area contributed by atoms with Crippen molar-refractivity contribution in [2.24, 2.45) is 0 Å². The molecule has 6 nitrogen and oxygen atoms in total. The molecule has 0 saturated carbocycles. The number of pyridine rings is 1. The van der Waals surface area contributed by atoms with Gasteiger partial charge in [0.1, 0.15) is 6.73 Å². The van der Waals surface area contributed by atoms with Gasteiger partial charge in [-0.3, -0.25) is 0 Å². The number of aliphatic hydroxyl groups is 1. The van der Waals surface area contributed by atoms with Gasteiger partial charge in [-0.15, -0.1) is 12.6 Å². The first-order chi connectivity index (χ1) is 12.6. The first-order valence-electron chi connectivity index (χ1n) is 8.30. The summed E-state index contributed by atoms with van der Waals surface area (Å²) in [5.41, 5.74) is 3.79. The number of benzene rings is 1. The molecule has 0 aliphatic heterocycles. The largest absolute Gasteiger partial charge is 0.392 e. The van der Waals surface area contributed by atoms with Gasteiger partial charge in [0.2, 0.25) is 0 Å². The number of aromatic nitrogens is 3. The highest BCUT2D eigenvalue weighted by molar-refractivity contribution is 7.80. The van der Waals surface area contributed by atoms with Gasteiger partial charge in [-0.05, 0) is 35.4 Å². The molecule has 1 unspecified atom stereocenters. The zero-order chi connectivity index (χ0) is 18.5. The monoisotopic (exact) mass is 370 g/mol. The van der Waals surface area contributed by atoms with Crippen LogP contribution in [0.3, 0.4) is 0 Å². The van der Waals surface area contributed by atoms with Crippen LogP contribution in [0.15, 0.2) is 53.7 Å². The highest BCUT2D eigenvalue weighted by Crippen LogP contribution is 2.28. The molecule has 26 heavy (non-hydrogen) atoms. The summed E-state index contributed by atoms with van der Waals surface area (Å²) in [6.07, 6.45) is 3.54. The normalized spacial score (nSPS) is 12.2. The standard InChI is InChI=1S/C19H22N4O2S/c1-13(15-4-5-17(18(26)9-15)21-12-25-2)16-7-8-23(22-16)19-6-3-14(11-24)10-20-19/h3-10,13,21,24,26H,11-12H2,1-2H3. The molecule has 136 valence electrons. The molecule has 0 aliphatic carbocycles. The molecular weight excluding hydrogens is 348 g/mol. The summed E-state index contributed by atoms with van der Waals surface area (Å²) in [5.74, 6) is 0.838. The Labute approximate surface area is 158 Å². The van der Waals surface area contributed by atoms with Gasteiger partial charge in [0.25, 0.3) is 0 Å². The molecule has 2 N–H and O–H groups in total. The van der Waals surface area contributed by atoms with Crippen LogP contribution in [0.2, 0.25) is 0 Å². The highest BCUT2D eigenvalue weighted by Gasteiger charge is 2.14. The molecule has 0 radical (unpaired) electrons. The minimum Gasteiger partial charge on any atom is -0.392 e. The van der Waals surface area contributed by atoms with Gasteiger partial charge in [-0.25, -0.2) is 9.67 Å². The number of hydrogen-bond donors (Lipinski definition) is 3. The van der Waals surface area contributed by atoms with E-state index in [-0.39, 0.29) is 12.5 Å². The Morgan fingerprint density at radius 3 is 2.77 bits per heavy atom. The zero-order valence-electron chi connectivity index (χ0n) is 14.8. The average Bonchev–Trinajstić information content (AvgIpc) is 3.16. The molecule has 0 bridgehead atoms. The molecule has 2 aromatic heterocycles. The molecule has 0 fully saturated rings. The van der Waals surface area contributed by atoms with E-state index in [0.29, 0.717) is 6.73 Å². The second kappa shape index (κ2) is 8.35. The number of rotatable bonds is 7. The number of hydrogen-bond acceptors (Lipinski definition) is 6. The average molecular weight is 370 g/mol. The van der Waals surface area contributed by atoms with Gasteiger partial charge in [0.15, 0.2) is 5.82 Å². The molecule has 2 heterocycles. The van der Waals surface area contributed by atoms with Gasteiger partial charge in [0.05, 0.1) is 12.3 Å². The fraction of sp³-hybridized carbons (Fsp3) is 0.263.